The van der Waals surface area contributed by atoms with Crippen LogP contribution in [-0.4, -0.2) is 63.5 Å². The first-order chi connectivity index (χ1) is 13.1. The molecule has 1 atom stereocenters. The van der Waals surface area contributed by atoms with Gasteiger partial charge in [0.2, 0.25) is 0 Å². The zero-order valence-corrected chi connectivity index (χ0v) is 15.6. The summed E-state index contributed by atoms with van der Waals surface area (Å²) in [4.78, 5) is 27.1. The van der Waals surface area contributed by atoms with Gasteiger partial charge in [-0.15, -0.1) is 0 Å². The molecule has 0 radical (unpaired) electrons. The summed E-state index contributed by atoms with van der Waals surface area (Å²) in [5, 5.41) is 5.63. The van der Waals surface area contributed by atoms with Gasteiger partial charge in [0, 0.05) is 25.3 Å². The summed E-state index contributed by atoms with van der Waals surface area (Å²) in [7, 11) is 1.59. The van der Waals surface area contributed by atoms with Crippen molar-refractivity contribution in [3.05, 3.63) is 41.1 Å². The van der Waals surface area contributed by atoms with Crippen molar-refractivity contribution in [1.29, 1.82) is 0 Å². The fraction of sp³-hybridized carbons (Fsp3) is 0.474. The minimum atomic E-state index is -0.584. The lowest BCUT2D eigenvalue weighted by atomic mass is 9.95. The summed E-state index contributed by atoms with van der Waals surface area (Å²) < 4.78 is 15.8. The topological polar surface area (TPSA) is 89.1 Å². The van der Waals surface area contributed by atoms with Crippen molar-refractivity contribution in [3.63, 3.8) is 0 Å². The monoisotopic (exact) mass is 375 g/mol. The Kier molecular flexibility index (Phi) is 6.31. The number of esters is 1. The van der Waals surface area contributed by atoms with Crippen LogP contribution in [0.1, 0.15) is 18.5 Å². The number of nitrogens with zero attached hydrogens (tertiary/aromatic N) is 1. The number of ether oxygens (including phenoxy) is 3. The molecule has 2 amide bonds. The number of hydrogen-bond acceptors (Lipinski definition) is 6. The summed E-state index contributed by atoms with van der Waals surface area (Å²) in [6.07, 6.45) is 0. The maximum absolute atomic E-state index is 12.7. The van der Waals surface area contributed by atoms with E-state index in [1.54, 1.807) is 26.2 Å². The lowest BCUT2D eigenvalue weighted by molar-refractivity contribution is -0.139. The lowest BCUT2D eigenvalue weighted by Gasteiger charge is -2.33. The third-order valence-electron chi connectivity index (χ3n) is 4.58. The summed E-state index contributed by atoms with van der Waals surface area (Å²) in [5.41, 5.74) is 1.78. The minimum absolute atomic E-state index is 0.260. The molecule has 0 aromatic heterocycles. The van der Waals surface area contributed by atoms with E-state index in [0.29, 0.717) is 36.8 Å². The highest BCUT2D eigenvalue weighted by Crippen LogP contribution is 2.29. The molecule has 1 aromatic carbocycles. The summed E-state index contributed by atoms with van der Waals surface area (Å²) >= 11 is 0. The molecule has 0 saturated carbocycles. The van der Waals surface area contributed by atoms with Gasteiger partial charge in [-0.05, 0) is 24.6 Å². The van der Waals surface area contributed by atoms with Crippen LogP contribution in [0.15, 0.2) is 35.5 Å². The second-order valence-corrected chi connectivity index (χ2v) is 6.31. The van der Waals surface area contributed by atoms with E-state index in [1.165, 1.54) is 0 Å². The standard InChI is InChI=1S/C19H25N3O5/c1-3-27-18(23)16-15(12-22-8-10-26-11-9-22)20-19(24)21-17(16)13-4-6-14(25-2)7-5-13/h4-7,17H,3,8-12H2,1-2H3,(H2,20,21,24)/t17-/m1/s1. The van der Waals surface area contributed by atoms with E-state index in [0.717, 1.165) is 18.7 Å². The van der Waals surface area contributed by atoms with E-state index < -0.39 is 12.0 Å². The zero-order chi connectivity index (χ0) is 19.2. The maximum atomic E-state index is 12.7. The SMILES string of the molecule is CCOC(=O)C1=C(CN2CCOCC2)NC(=O)N[C@@H]1c1ccc(OC)cc1. The third-order valence-corrected chi connectivity index (χ3v) is 4.58. The Morgan fingerprint density at radius 1 is 1.26 bits per heavy atom. The molecule has 0 spiro atoms. The maximum Gasteiger partial charge on any atom is 0.338 e. The van der Waals surface area contributed by atoms with Crippen LogP contribution in [0.4, 0.5) is 4.79 Å². The normalized spacial score (nSPS) is 20.7. The van der Waals surface area contributed by atoms with E-state index in [2.05, 4.69) is 15.5 Å². The number of urea groups is 1. The molecule has 2 aliphatic rings. The molecule has 2 aliphatic heterocycles. The van der Waals surface area contributed by atoms with Crippen LogP contribution in [0.2, 0.25) is 0 Å². The second kappa shape index (κ2) is 8.88. The average molecular weight is 375 g/mol. The minimum Gasteiger partial charge on any atom is -0.497 e. The van der Waals surface area contributed by atoms with Gasteiger partial charge < -0.3 is 24.8 Å². The summed E-state index contributed by atoms with van der Waals surface area (Å²) in [6.45, 7) is 5.24. The van der Waals surface area contributed by atoms with E-state index >= 15 is 0 Å². The van der Waals surface area contributed by atoms with Crippen molar-refractivity contribution in [2.45, 2.75) is 13.0 Å². The highest BCUT2D eigenvalue weighted by atomic mass is 16.5. The Bertz CT molecular complexity index is 711. The quantitative estimate of drug-likeness (QED) is 0.727. The largest absolute Gasteiger partial charge is 0.497 e. The molecule has 3 rings (SSSR count). The van der Waals surface area contributed by atoms with Crippen LogP contribution in [0.5, 0.6) is 5.75 Å². The van der Waals surface area contributed by atoms with Gasteiger partial charge in [0.15, 0.2) is 0 Å². The van der Waals surface area contributed by atoms with Gasteiger partial charge in [0.1, 0.15) is 5.75 Å². The first-order valence-electron chi connectivity index (χ1n) is 9.04. The number of carbonyl (C=O) groups excluding carboxylic acids is 2. The van der Waals surface area contributed by atoms with Crippen LogP contribution < -0.4 is 15.4 Å². The first-order valence-corrected chi connectivity index (χ1v) is 9.04. The molecule has 0 unspecified atom stereocenters. The Balaban J connectivity index is 1.95. The van der Waals surface area contributed by atoms with Gasteiger partial charge in [-0.2, -0.15) is 0 Å². The zero-order valence-electron chi connectivity index (χ0n) is 15.6. The van der Waals surface area contributed by atoms with Crippen LogP contribution in [0, 0.1) is 0 Å². The van der Waals surface area contributed by atoms with E-state index in [1.807, 2.05) is 12.1 Å². The molecular weight excluding hydrogens is 350 g/mol. The van der Waals surface area contributed by atoms with E-state index in [-0.39, 0.29) is 12.6 Å². The second-order valence-electron chi connectivity index (χ2n) is 6.31. The highest BCUT2D eigenvalue weighted by Gasteiger charge is 2.34. The van der Waals surface area contributed by atoms with Gasteiger partial charge in [0.25, 0.3) is 0 Å². The third kappa shape index (κ3) is 4.58. The summed E-state index contributed by atoms with van der Waals surface area (Å²) in [5.74, 6) is 0.267. The van der Waals surface area contributed by atoms with Crippen molar-refractivity contribution >= 4 is 12.0 Å². The molecule has 0 aliphatic carbocycles. The smallest absolute Gasteiger partial charge is 0.338 e. The van der Waals surface area contributed by atoms with Gasteiger partial charge >= 0.3 is 12.0 Å². The molecule has 1 aromatic rings. The van der Waals surface area contributed by atoms with Crippen molar-refractivity contribution in [3.8, 4) is 5.75 Å². The van der Waals surface area contributed by atoms with Gasteiger partial charge in [0.05, 0.1) is 38.5 Å². The van der Waals surface area contributed by atoms with E-state index in [4.69, 9.17) is 14.2 Å². The molecule has 0 bridgehead atoms. The van der Waals surface area contributed by atoms with Crippen LogP contribution in [-0.2, 0) is 14.3 Å². The Morgan fingerprint density at radius 2 is 1.96 bits per heavy atom. The fourth-order valence-electron chi connectivity index (χ4n) is 3.22. The predicted molar refractivity (Wildman–Crippen MR) is 98.3 cm³/mol. The molecule has 2 N–H and O–H groups in total. The number of carbonyl (C=O) groups is 2. The van der Waals surface area contributed by atoms with Crippen LogP contribution in [0.3, 0.4) is 0 Å². The summed E-state index contributed by atoms with van der Waals surface area (Å²) in [6, 6.07) is 6.34. The van der Waals surface area contributed by atoms with Gasteiger partial charge in [-0.1, -0.05) is 12.1 Å². The van der Waals surface area contributed by atoms with Crippen molar-refractivity contribution in [2.24, 2.45) is 0 Å². The fourth-order valence-corrected chi connectivity index (χ4v) is 3.22. The number of amides is 2. The Morgan fingerprint density at radius 3 is 2.59 bits per heavy atom. The van der Waals surface area contributed by atoms with Crippen molar-refractivity contribution in [2.75, 3.05) is 46.6 Å². The number of nitrogens with one attached hydrogen (secondary N) is 2. The molecule has 1 fully saturated rings. The number of hydrogen-bond donors (Lipinski definition) is 2. The first kappa shape index (κ1) is 19.2. The molecule has 2 heterocycles. The van der Waals surface area contributed by atoms with Gasteiger partial charge in [-0.25, -0.2) is 9.59 Å². The molecule has 146 valence electrons. The number of benzene rings is 1. The Hall–Kier alpha value is -2.58. The molecule has 8 nitrogen and oxygen atoms in total. The highest BCUT2D eigenvalue weighted by molar-refractivity contribution is 5.95. The molecule has 27 heavy (non-hydrogen) atoms. The van der Waals surface area contributed by atoms with Crippen molar-refractivity contribution in [1.82, 2.24) is 15.5 Å². The molecule has 8 heteroatoms. The molecular formula is C19H25N3O5. The average Bonchev–Trinajstić information content (AvgIpc) is 2.68. The van der Waals surface area contributed by atoms with E-state index in [9.17, 15) is 9.59 Å². The molecule has 1 saturated heterocycles. The van der Waals surface area contributed by atoms with Crippen molar-refractivity contribution < 1.29 is 23.8 Å². The lowest BCUT2D eigenvalue weighted by Crippen LogP contribution is -2.49. The van der Waals surface area contributed by atoms with Gasteiger partial charge in [-0.3, -0.25) is 4.90 Å². The number of morpholine rings is 1. The number of rotatable bonds is 6. The predicted octanol–water partition coefficient (Wildman–Crippen LogP) is 1.20. The Labute approximate surface area is 158 Å². The number of methoxy groups -OCH3 is 1. The van der Waals surface area contributed by atoms with Crippen LogP contribution >= 0.6 is 0 Å². The van der Waals surface area contributed by atoms with Crippen LogP contribution in [0.25, 0.3) is 0 Å².